The molecule has 1 saturated carbocycles. The molecule has 0 spiro atoms. The highest BCUT2D eigenvalue weighted by Gasteiger charge is 2.35. The summed E-state index contributed by atoms with van der Waals surface area (Å²) < 4.78 is 17.3. The fourth-order valence-corrected chi connectivity index (χ4v) is 3.64. The van der Waals surface area contributed by atoms with Gasteiger partial charge in [0.2, 0.25) is 0 Å². The van der Waals surface area contributed by atoms with Crippen molar-refractivity contribution in [3.63, 3.8) is 0 Å². The molecule has 0 amide bonds. The van der Waals surface area contributed by atoms with E-state index in [-0.39, 0.29) is 12.1 Å². The van der Waals surface area contributed by atoms with E-state index < -0.39 is 10.4 Å². The third-order valence-corrected chi connectivity index (χ3v) is 5.30. The number of hydrogen-bond acceptors (Lipinski definition) is 4. The number of halogens is 1. The van der Waals surface area contributed by atoms with Gasteiger partial charge in [0, 0.05) is 18.4 Å². The first-order valence-electron chi connectivity index (χ1n) is 9.09. The van der Waals surface area contributed by atoms with Gasteiger partial charge in [0.15, 0.2) is 0 Å². The van der Waals surface area contributed by atoms with Gasteiger partial charge in [-0.1, -0.05) is 28.1 Å². The van der Waals surface area contributed by atoms with Gasteiger partial charge in [0.25, 0.3) is 0 Å². The first-order valence-corrected chi connectivity index (χ1v) is 10.0. The van der Waals surface area contributed by atoms with Crippen LogP contribution in [0.25, 0.3) is 0 Å². The molecular formula is C20H27BrO4. The Morgan fingerprint density at radius 1 is 1.20 bits per heavy atom. The monoisotopic (exact) mass is 410 g/mol. The highest BCUT2D eigenvalue weighted by molar-refractivity contribution is 9.09. The van der Waals surface area contributed by atoms with E-state index in [1.54, 1.807) is 0 Å². The summed E-state index contributed by atoms with van der Waals surface area (Å²) in [5, 5.41) is 0. The quantitative estimate of drug-likeness (QED) is 0.511. The molecular weight excluding hydrogens is 384 g/mol. The van der Waals surface area contributed by atoms with Crippen molar-refractivity contribution in [2.75, 3.05) is 13.2 Å². The summed E-state index contributed by atoms with van der Waals surface area (Å²) in [6, 6.07) is 6.00. The molecule has 1 atom stereocenters. The number of carbonyl (C=O) groups is 1. The molecule has 25 heavy (non-hydrogen) atoms. The molecule has 0 N–H and O–H groups in total. The topological polar surface area (TPSA) is 44.8 Å². The van der Waals surface area contributed by atoms with E-state index in [2.05, 4.69) is 15.9 Å². The molecule has 0 radical (unpaired) electrons. The highest BCUT2D eigenvalue weighted by atomic mass is 79.9. The Kier molecular flexibility index (Phi) is 5.74. The van der Waals surface area contributed by atoms with Crippen LogP contribution in [0.2, 0.25) is 0 Å². The second-order valence-corrected chi connectivity index (χ2v) is 8.77. The van der Waals surface area contributed by atoms with Gasteiger partial charge in [-0.25, -0.2) is 0 Å². The molecule has 1 aromatic rings. The molecule has 2 aliphatic rings. The van der Waals surface area contributed by atoms with Crippen molar-refractivity contribution in [1.82, 2.24) is 0 Å². The van der Waals surface area contributed by atoms with Crippen LogP contribution >= 0.6 is 15.9 Å². The minimum absolute atomic E-state index is 0.191. The second-order valence-electron chi connectivity index (χ2n) is 7.86. The molecule has 0 aromatic heterocycles. The summed E-state index contributed by atoms with van der Waals surface area (Å²) in [6.45, 7) is 7.16. The smallest absolute Gasteiger partial charge is 0.324 e. The maximum atomic E-state index is 12.5. The van der Waals surface area contributed by atoms with Gasteiger partial charge < -0.3 is 14.2 Å². The molecule has 3 rings (SSSR count). The van der Waals surface area contributed by atoms with Crippen LogP contribution in [0.5, 0.6) is 5.75 Å². The Morgan fingerprint density at radius 2 is 1.88 bits per heavy atom. The number of carbonyl (C=O) groups excluding carboxylic acids is 1. The van der Waals surface area contributed by atoms with E-state index >= 15 is 0 Å². The van der Waals surface area contributed by atoms with Crippen LogP contribution in [0.15, 0.2) is 18.2 Å². The van der Waals surface area contributed by atoms with Crippen LogP contribution < -0.4 is 4.74 Å². The van der Waals surface area contributed by atoms with Gasteiger partial charge in [-0.3, -0.25) is 4.79 Å². The van der Waals surface area contributed by atoms with Crippen molar-refractivity contribution in [2.24, 2.45) is 0 Å². The molecule has 1 unspecified atom stereocenters. The zero-order valence-corrected chi connectivity index (χ0v) is 16.8. The summed E-state index contributed by atoms with van der Waals surface area (Å²) in [6.07, 6.45) is 4.32. The Hall–Kier alpha value is -1.07. The lowest BCUT2D eigenvalue weighted by molar-refractivity contribution is -0.154. The lowest BCUT2D eigenvalue weighted by Gasteiger charge is -2.26. The highest BCUT2D eigenvalue weighted by Crippen LogP contribution is 2.49. The van der Waals surface area contributed by atoms with Crippen molar-refractivity contribution in [3.8, 4) is 5.75 Å². The first kappa shape index (κ1) is 18.7. The molecule has 4 nitrogen and oxygen atoms in total. The van der Waals surface area contributed by atoms with Crippen LogP contribution in [0.4, 0.5) is 0 Å². The van der Waals surface area contributed by atoms with E-state index in [1.165, 1.54) is 5.56 Å². The van der Waals surface area contributed by atoms with Gasteiger partial charge in [0.1, 0.15) is 22.3 Å². The van der Waals surface area contributed by atoms with Crippen LogP contribution in [-0.4, -0.2) is 30.9 Å². The van der Waals surface area contributed by atoms with Gasteiger partial charge in [-0.15, -0.1) is 0 Å². The molecule has 1 aliphatic carbocycles. The van der Waals surface area contributed by atoms with Crippen LogP contribution in [0, 0.1) is 0 Å². The summed E-state index contributed by atoms with van der Waals surface area (Å²) >= 11 is 3.56. The maximum Gasteiger partial charge on any atom is 0.324 e. The summed E-state index contributed by atoms with van der Waals surface area (Å²) in [5.41, 5.74) is 1.64. The van der Waals surface area contributed by atoms with Crippen molar-refractivity contribution < 1.29 is 19.0 Å². The fraction of sp³-hybridized carbons (Fsp3) is 0.650. The molecule has 1 heterocycles. The molecule has 0 bridgehead atoms. The van der Waals surface area contributed by atoms with E-state index in [1.807, 2.05) is 39.0 Å². The number of rotatable bonds is 5. The largest absolute Gasteiger partial charge is 0.490 e. The predicted octanol–water partition coefficient (Wildman–Crippen LogP) is 4.90. The zero-order valence-electron chi connectivity index (χ0n) is 15.2. The van der Waals surface area contributed by atoms with Crippen LogP contribution in [0.1, 0.15) is 68.3 Å². The van der Waals surface area contributed by atoms with E-state index in [0.717, 1.165) is 50.2 Å². The third kappa shape index (κ3) is 4.98. The third-order valence-electron chi connectivity index (χ3n) is 4.43. The average Bonchev–Trinajstić information content (AvgIpc) is 3.38. The summed E-state index contributed by atoms with van der Waals surface area (Å²) in [4.78, 5) is 12.1. The predicted molar refractivity (Wildman–Crippen MR) is 100 cm³/mol. The molecule has 138 valence electrons. The van der Waals surface area contributed by atoms with Crippen molar-refractivity contribution >= 4 is 21.9 Å². The van der Waals surface area contributed by atoms with E-state index in [0.29, 0.717) is 5.92 Å². The van der Waals surface area contributed by atoms with Crippen LogP contribution in [-0.2, 0) is 14.3 Å². The Labute approximate surface area is 158 Å². The number of ether oxygens (including phenoxy) is 3. The summed E-state index contributed by atoms with van der Waals surface area (Å²) in [5.74, 6) is 1.14. The Bertz CT molecular complexity index is 613. The minimum Gasteiger partial charge on any atom is -0.490 e. The summed E-state index contributed by atoms with van der Waals surface area (Å²) in [7, 11) is 0. The van der Waals surface area contributed by atoms with Gasteiger partial charge >= 0.3 is 5.97 Å². The Morgan fingerprint density at radius 3 is 2.48 bits per heavy atom. The SMILES string of the molecule is CC(C)(C)OC(=O)C(Br)c1cccc(OC2CCOCC2)c1C1CC1. The number of hydrogen-bond donors (Lipinski definition) is 0. The number of alkyl halides is 1. The average molecular weight is 411 g/mol. The molecule has 5 heteroatoms. The normalized spacial score (nSPS) is 20.2. The van der Waals surface area contributed by atoms with Crippen molar-refractivity contribution in [3.05, 3.63) is 29.3 Å². The standard InChI is InChI=1S/C20H27BrO4/c1-20(2,3)25-19(22)18(21)15-5-4-6-16(17(15)13-7-8-13)24-14-9-11-23-12-10-14/h4-6,13-14,18H,7-12H2,1-3H3. The van der Waals surface area contributed by atoms with Crippen LogP contribution in [0.3, 0.4) is 0 Å². The minimum atomic E-state index is -0.501. The van der Waals surface area contributed by atoms with Crippen molar-refractivity contribution in [2.45, 2.75) is 68.9 Å². The lowest BCUT2D eigenvalue weighted by Crippen LogP contribution is -2.27. The first-order chi connectivity index (χ1) is 11.8. The van der Waals surface area contributed by atoms with E-state index in [9.17, 15) is 4.79 Å². The van der Waals surface area contributed by atoms with Gasteiger partial charge in [-0.2, -0.15) is 0 Å². The number of benzene rings is 1. The Balaban J connectivity index is 1.83. The molecule has 2 fully saturated rings. The van der Waals surface area contributed by atoms with Gasteiger partial charge in [-0.05, 0) is 51.2 Å². The second kappa shape index (κ2) is 7.67. The zero-order chi connectivity index (χ0) is 18.0. The van der Waals surface area contributed by atoms with Gasteiger partial charge in [0.05, 0.1) is 13.2 Å². The van der Waals surface area contributed by atoms with E-state index in [4.69, 9.17) is 14.2 Å². The fourth-order valence-electron chi connectivity index (χ4n) is 3.15. The molecule has 1 aliphatic heterocycles. The molecule has 1 saturated heterocycles. The molecule has 1 aromatic carbocycles. The number of esters is 1. The lowest BCUT2D eigenvalue weighted by atomic mass is 9.99. The van der Waals surface area contributed by atoms with Crippen molar-refractivity contribution in [1.29, 1.82) is 0 Å². The maximum absolute atomic E-state index is 12.5.